The van der Waals surface area contributed by atoms with Crippen LogP contribution in [0.5, 0.6) is 0 Å². The molecule has 0 fully saturated rings. The summed E-state index contributed by atoms with van der Waals surface area (Å²) in [5.41, 5.74) is 2.36. The summed E-state index contributed by atoms with van der Waals surface area (Å²) in [7, 11) is 0. The van der Waals surface area contributed by atoms with Crippen molar-refractivity contribution in [2.45, 2.75) is 27.2 Å². The maximum absolute atomic E-state index is 4.44. The predicted molar refractivity (Wildman–Crippen MR) is 49.7 cm³/mol. The van der Waals surface area contributed by atoms with Gasteiger partial charge in [0, 0.05) is 0 Å². The highest BCUT2D eigenvalue weighted by Crippen LogP contribution is 2.05. The van der Waals surface area contributed by atoms with Gasteiger partial charge < -0.3 is 0 Å². The summed E-state index contributed by atoms with van der Waals surface area (Å²) >= 11 is 0. The largest absolute Gasteiger partial charge is 0.286 e. The lowest BCUT2D eigenvalue weighted by atomic mass is 10.0. The van der Waals surface area contributed by atoms with Crippen molar-refractivity contribution in [1.82, 2.24) is 0 Å². The van der Waals surface area contributed by atoms with Gasteiger partial charge in [-0.2, -0.15) is 0 Å². The van der Waals surface area contributed by atoms with Crippen molar-refractivity contribution in [2.75, 3.05) is 13.1 Å². The van der Waals surface area contributed by atoms with Gasteiger partial charge >= 0.3 is 0 Å². The minimum Gasteiger partial charge on any atom is -0.286 e. The number of aliphatic imine (C=N–C) groups is 2. The van der Waals surface area contributed by atoms with Crippen LogP contribution < -0.4 is 0 Å². The fourth-order valence-electron chi connectivity index (χ4n) is 1.21. The standard InChI is InChI=1S/C9H16N2/c1-7(2)6-9-8(3)10-4-5-11-9/h7H,4-6H2,1-3H3. The van der Waals surface area contributed by atoms with Gasteiger partial charge in [-0.25, -0.2) is 0 Å². The first kappa shape index (κ1) is 8.44. The minimum absolute atomic E-state index is 0.692. The second-order valence-corrected chi connectivity index (χ2v) is 3.39. The molecule has 0 amide bonds. The first-order chi connectivity index (χ1) is 5.20. The molecule has 1 heterocycles. The lowest BCUT2D eigenvalue weighted by Crippen LogP contribution is -2.18. The van der Waals surface area contributed by atoms with Crippen molar-refractivity contribution in [1.29, 1.82) is 0 Å². The van der Waals surface area contributed by atoms with Crippen molar-refractivity contribution in [3.8, 4) is 0 Å². The van der Waals surface area contributed by atoms with E-state index in [1.165, 1.54) is 5.71 Å². The molecule has 1 aliphatic rings. The highest BCUT2D eigenvalue weighted by Gasteiger charge is 2.08. The van der Waals surface area contributed by atoms with Crippen LogP contribution in [0.1, 0.15) is 27.2 Å². The lowest BCUT2D eigenvalue weighted by molar-refractivity contribution is 0.683. The van der Waals surface area contributed by atoms with Crippen molar-refractivity contribution in [3.63, 3.8) is 0 Å². The molecular formula is C9H16N2. The zero-order valence-electron chi connectivity index (χ0n) is 7.59. The van der Waals surface area contributed by atoms with Crippen LogP contribution in [0.3, 0.4) is 0 Å². The number of hydrogen-bond donors (Lipinski definition) is 0. The Hall–Kier alpha value is -0.660. The Morgan fingerprint density at radius 2 is 1.91 bits per heavy atom. The van der Waals surface area contributed by atoms with Crippen LogP contribution in [0.4, 0.5) is 0 Å². The molecule has 2 nitrogen and oxygen atoms in total. The fourth-order valence-corrected chi connectivity index (χ4v) is 1.21. The van der Waals surface area contributed by atoms with E-state index in [1.54, 1.807) is 0 Å². The number of nitrogens with zero attached hydrogens (tertiary/aromatic N) is 2. The molecule has 0 N–H and O–H groups in total. The topological polar surface area (TPSA) is 24.7 Å². The van der Waals surface area contributed by atoms with Crippen molar-refractivity contribution < 1.29 is 0 Å². The molecule has 0 aromatic carbocycles. The molecule has 1 rings (SSSR count). The minimum atomic E-state index is 0.692. The Labute approximate surface area is 68.4 Å². The van der Waals surface area contributed by atoms with E-state index >= 15 is 0 Å². The van der Waals surface area contributed by atoms with Crippen molar-refractivity contribution in [3.05, 3.63) is 0 Å². The van der Waals surface area contributed by atoms with E-state index in [4.69, 9.17) is 0 Å². The molecule has 0 atom stereocenters. The van der Waals surface area contributed by atoms with Crippen LogP contribution in [-0.2, 0) is 0 Å². The van der Waals surface area contributed by atoms with Gasteiger partial charge in [-0.05, 0) is 19.3 Å². The van der Waals surface area contributed by atoms with E-state index in [-0.39, 0.29) is 0 Å². The smallest absolute Gasteiger partial charge is 0.0589 e. The van der Waals surface area contributed by atoms with E-state index in [0.29, 0.717) is 5.92 Å². The first-order valence-corrected chi connectivity index (χ1v) is 4.25. The third-order valence-corrected chi connectivity index (χ3v) is 1.77. The molecular weight excluding hydrogens is 136 g/mol. The molecule has 0 aromatic rings. The van der Waals surface area contributed by atoms with Crippen LogP contribution in [0.15, 0.2) is 9.98 Å². The van der Waals surface area contributed by atoms with Crippen LogP contribution in [0.25, 0.3) is 0 Å². The van der Waals surface area contributed by atoms with E-state index < -0.39 is 0 Å². The monoisotopic (exact) mass is 152 g/mol. The zero-order chi connectivity index (χ0) is 8.27. The summed E-state index contributed by atoms with van der Waals surface area (Å²) in [6.45, 7) is 8.25. The summed E-state index contributed by atoms with van der Waals surface area (Å²) < 4.78 is 0. The van der Waals surface area contributed by atoms with Crippen LogP contribution in [0.2, 0.25) is 0 Å². The molecule has 0 saturated heterocycles. The summed E-state index contributed by atoms with van der Waals surface area (Å²) in [6, 6.07) is 0. The van der Waals surface area contributed by atoms with Gasteiger partial charge in [-0.1, -0.05) is 13.8 Å². The highest BCUT2D eigenvalue weighted by molar-refractivity contribution is 6.41. The molecule has 0 unspecified atom stereocenters. The Balaban J connectivity index is 2.56. The van der Waals surface area contributed by atoms with Gasteiger partial charge in [0.05, 0.1) is 24.5 Å². The zero-order valence-corrected chi connectivity index (χ0v) is 7.59. The molecule has 62 valence electrons. The molecule has 2 heteroatoms. The predicted octanol–water partition coefficient (Wildman–Crippen LogP) is 1.95. The first-order valence-electron chi connectivity index (χ1n) is 4.25. The van der Waals surface area contributed by atoms with Gasteiger partial charge in [0.25, 0.3) is 0 Å². The van der Waals surface area contributed by atoms with Gasteiger partial charge in [-0.3, -0.25) is 9.98 Å². The third kappa shape index (κ3) is 2.45. The Morgan fingerprint density at radius 1 is 1.27 bits per heavy atom. The van der Waals surface area contributed by atoms with Gasteiger partial charge in [0.15, 0.2) is 0 Å². The Kier molecular flexibility index (Phi) is 2.80. The molecule has 1 aliphatic heterocycles. The third-order valence-electron chi connectivity index (χ3n) is 1.77. The average molecular weight is 152 g/mol. The molecule has 0 bridgehead atoms. The second kappa shape index (κ2) is 3.65. The van der Waals surface area contributed by atoms with E-state index in [0.717, 1.165) is 25.2 Å². The maximum Gasteiger partial charge on any atom is 0.0589 e. The quantitative estimate of drug-likeness (QED) is 0.577. The summed E-state index contributed by atoms with van der Waals surface area (Å²) in [5.74, 6) is 0.692. The molecule has 0 radical (unpaired) electrons. The van der Waals surface area contributed by atoms with Gasteiger partial charge in [-0.15, -0.1) is 0 Å². The number of rotatable bonds is 2. The molecule has 0 aliphatic carbocycles. The normalized spacial score (nSPS) is 18.2. The maximum atomic E-state index is 4.44. The Bertz CT molecular complexity index is 190. The second-order valence-electron chi connectivity index (χ2n) is 3.39. The number of hydrogen-bond acceptors (Lipinski definition) is 2. The van der Waals surface area contributed by atoms with Gasteiger partial charge in [0.2, 0.25) is 0 Å². The van der Waals surface area contributed by atoms with Gasteiger partial charge in [0.1, 0.15) is 0 Å². The molecule has 11 heavy (non-hydrogen) atoms. The molecule has 0 saturated carbocycles. The van der Waals surface area contributed by atoms with Crippen LogP contribution in [0, 0.1) is 5.92 Å². The van der Waals surface area contributed by atoms with Crippen molar-refractivity contribution in [2.24, 2.45) is 15.9 Å². The summed E-state index contributed by atoms with van der Waals surface area (Å²) in [6.07, 6.45) is 1.08. The summed E-state index contributed by atoms with van der Waals surface area (Å²) in [4.78, 5) is 8.79. The average Bonchev–Trinajstić information content (AvgIpc) is 1.93. The lowest BCUT2D eigenvalue weighted by Gasteiger charge is -2.12. The van der Waals surface area contributed by atoms with Crippen LogP contribution in [-0.4, -0.2) is 24.5 Å². The molecule has 0 aromatic heterocycles. The van der Waals surface area contributed by atoms with Crippen molar-refractivity contribution >= 4 is 11.4 Å². The fraction of sp³-hybridized carbons (Fsp3) is 0.778. The molecule has 0 spiro atoms. The van der Waals surface area contributed by atoms with Crippen LogP contribution >= 0.6 is 0 Å². The highest BCUT2D eigenvalue weighted by atomic mass is 14.9. The Morgan fingerprint density at radius 3 is 2.45 bits per heavy atom. The summed E-state index contributed by atoms with van der Waals surface area (Å²) in [5, 5.41) is 0. The SMILES string of the molecule is CC1=NCCN=C1CC(C)C. The van der Waals surface area contributed by atoms with E-state index in [9.17, 15) is 0 Å². The van der Waals surface area contributed by atoms with E-state index in [2.05, 4.69) is 30.8 Å². The van der Waals surface area contributed by atoms with E-state index in [1.807, 2.05) is 0 Å².